The molecule has 0 saturated carbocycles. The largest absolute Gasteiger partial charge is 0.389 e. The van der Waals surface area contributed by atoms with Crippen LogP contribution in [0.2, 0.25) is 0 Å². The zero-order valence-electron chi connectivity index (χ0n) is 10.2. The van der Waals surface area contributed by atoms with E-state index in [-0.39, 0.29) is 5.91 Å². The number of carbonyl (C=O) groups is 1. The van der Waals surface area contributed by atoms with Crippen molar-refractivity contribution in [3.63, 3.8) is 0 Å². The third kappa shape index (κ3) is 2.32. The van der Waals surface area contributed by atoms with E-state index in [4.69, 9.17) is 0 Å². The third-order valence-electron chi connectivity index (χ3n) is 3.08. The second-order valence-electron chi connectivity index (χ2n) is 4.53. The summed E-state index contributed by atoms with van der Waals surface area (Å²) in [6.45, 7) is 0.776. The fourth-order valence-corrected chi connectivity index (χ4v) is 1.98. The van der Waals surface area contributed by atoms with Gasteiger partial charge in [0, 0.05) is 31.0 Å². The summed E-state index contributed by atoms with van der Waals surface area (Å²) in [5, 5.41) is 9.18. The SMILES string of the molecule is O=C(c1cnc(-c2ccccc2)nc1)N1CC(O)C1. The van der Waals surface area contributed by atoms with Gasteiger partial charge in [-0.15, -0.1) is 0 Å². The molecule has 1 N–H and O–H groups in total. The monoisotopic (exact) mass is 255 g/mol. The van der Waals surface area contributed by atoms with E-state index < -0.39 is 6.10 Å². The standard InChI is InChI=1S/C14H13N3O2/c18-12-8-17(9-12)14(19)11-6-15-13(16-7-11)10-4-2-1-3-5-10/h1-7,12,18H,8-9H2. The quantitative estimate of drug-likeness (QED) is 0.868. The summed E-state index contributed by atoms with van der Waals surface area (Å²) in [4.78, 5) is 21.9. The first-order valence-corrected chi connectivity index (χ1v) is 6.09. The van der Waals surface area contributed by atoms with Gasteiger partial charge < -0.3 is 10.0 Å². The molecule has 0 spiro atoms. The average Bonchev–Trinajstić information content (AvgIpc) is 2.44. The third-order valence-corrected chi connectivity index (χ3v) is 3.08. The van der Waals surface area contributed by atoms with Crippen molar-refractivity contribution in [2.24, 2.45) is 0 Å². The molecule has 1 aliphatic rings. The molecule has 2 heterocycles. The number of carbonyl (C=O) groups excluding carboxylic acids is 1. The van der Waals surface area contributed by atoms with E-state index in [2.05, 4.69) is 9.97 Å². The minimum absolute atomic E-state index is 0.134. The normalized spacial score (nSPS) is 15.1. The van der Waals surface area contributed by atoms with Gasteiger partial charge >= 0.3 is 0 Å². The molecule has 0 bridgehead atoms. The van der Waals surface area contributed by atoms with Crippen LogP contribution in [0.1, 0.15) is 10.4 Å². The molecular weight excluding hydrogens is 242 g/mol. The molecule has 5 nitrogen and oxygen atoms in total. The van der Waals surface area contributed by atoms with Gasteiger partial charge in [-0.3, -0.25) is 4.79 Å². The Morgan fingerprint density at radius 3 is 2.37 bits per heavy atom. The smallest absolute Gasteiger partial charge is 0.257 e. The first-order valence-electron chi connectivity index (χ1n) is 6.09. The van der Waals surface area contributed by atoms with Gasteiger partial charge in [-0.25, -0.2) is 9.97 Å². The summed E-state index contributed by atoms with van der Waals surface area (Å²) < 4.78 is 0. The van der Waals surface area contributed by atoms with Crippen LogP contribution in [0, 0.1) is 0 Å². The Kier molecular flexibility index (Phi) is 2.97. The highest BCUT2D eigenvalue weighted by Gasteiger charge is 2.29. The summed E-state index contributed by atoms with van der Waals surface area (Å²) in [5.41, 5.74) is 1.37. The van der Waals surface area contributed by atoms with Crippen LogP contribution >= 0.6 is 0 Å². The van der Waals surface area contributed by atoms with Crippen LogP contribution in [-0.2, 0) is 0 Å². The molecule has 1 aliphatic heterocycles. The number of benzene rings is 1. The Labute approximate surface area is 110 Å². The van der Waals surface area contributed by atoms with E-state index in [0.29, 0.717) is 24.5 Å². The number of aliphatic hydroxyl groups is 1. The summed E-state index contributed by atoms with van der Waals surface area (Å²) in [6, 6.07) is 9.60. The van der Waals surface area contributed by atoms with Gasteiger partial charge in [-0.2, -0.15) is 0 Å². The molecule has 0 radical (unpaired) electrons. The molecule has 1 aromatic carbocycles. The number of nitrogens with zero attached hydrogens (tertiary/aromatic N) is 3. The van der Waals surface area contributed by atoms with Gasteiger partial charge in [-0.05, 0) is 0 Å². The van der Waals surface area contributed by atoms with E-state index >= 15 is 0 Å². The lowest BCUT2D eigenvalue weighted by Crippen LogP contribution is -2.53. The Balaban J connectivity index is 1.78. The molecule has 0 unspecified atom stereocenters. The van der Waals surface area contributed by atoms with Gasteiger partial charge in [0.25, 0.3) is 5.91 Å². The van der Waals surface area contributed by atoms with Crippen molar-refractivity contribution in [2.75, 3.05) is 13.1 Å². The van der Waals surface area contributed by atoms with Crippen molar-refractivity contribution >= 4 is 5.91 Å². The number of rotatable bonds is 2. The lowest BCUT2D eigenvalue weighted by atomic mass is 10.1. The second kappa shape index (κ2) is 4.78. The van der Waals surface area contributed by atoms with Crippen molar-refractivity contribution in [1.29, 1.82) is 0 Å². The number of hydrogen-bond acceptors (Lipinski definition) is 4. The maximum absolute atomic E-state index is 12.0. The van der Waals surface area contributed by atoms with Crippen molar-refractivity contribution in [1.82, 2.24) is 14.9 Å². The molecule has 1 amide bonds. The van der Waals surface area contributed by atoms with E-state index in [1.165, 1.54) is 12.4 Å². The fourth-order valence-electron chi connectivity index (χ4n) is 1.98. The molecule has 96 valence electrons. The molecule has 3 rings (SSSR count). The van der Waals surface area contributed by atoms with Crippen LogP contribution in [0.3, 0.4) is 0 Å². The number of likely N-dealkylation sites (tertiary alicyclic amines) is 1. The highest BCUT2D eigenvalue weighted by Crippen LogP contribution is 2.15. The van der Waals surface area contributed by atoms with Crippen molar-refractivity contribution in [3.8, 4) is 11.4 Å². The van der Waals surface area contributed by atoms with Crippen LogP contribution in [0.15, 0.2) is 42.7 Å². The second-order valence-corrected chi connectivity index (χ2v) is 4.53. The lowest BCUT2D eigenvalue weighted by molar-refractivity contribution is 0.00584. The van der Waals surface area contributed by atoms with Gasteiger partial charge in [0.05, 0.1) is 11.7 Å². The molecule has 5 heteroatoms. The summed E-state index contributed by atoms with van der Waals surface area (Å²) in [7, 11) is 0. The van der Waals surface area contributed by atoms with Gasteiger partial charge in [0.15, 0.2) is 5.82 Å². The predicted molar refractivity (Wildman–Crippen MR) is 69.4 cm³/mol. The highest BCUT2D eigenvalue weighted by molar-refractivity contribution is 5.94. The Morgan fingerprint density at radius 1 is 1.16 bits per heavy atom. The van der Waals surface area contributed by atoms with Crippen molar-refractivity contribution < 1.29 is 9.90 Å². The summed E-state index contributed by atoms with van der Waals surface area (Å²) >= 11 is 0. The number of hydrogen-bond donors (Lipinski definition) is 1. The van der Waals surface area contributed by atoms with Gasteiger partial charge in [0.2, 0.25) is 0 Å². The minimum Gasteiger partial charge on any atom is -0.389 e. The first-order chi connectivity index (χ1) is 9.24. The van der Waals surface area contributed by atoms with Crippen LogP contribution in [0.4, 0.5) is 0 Å². The molecule has 1 saturated heterocycles. The van der Waals surface area contributed by atoms with Crippen molar-refractivity contribution in [3.05, 3.63) is 48.3 Å². The Morgan fingerprint density at radius 2 is 1.79 bits per heavy atom. The van der Waals surface area contributed by atoms with Crippen LogP contribution in [-0.4, -0.2) is 45.1 Å². The number of β-amino-alcohol motifs (C(OH)–C–C–N with tert-alkyl or cyclic N) is 1. The van der Waals surface area contributed by atoms with E-state index in [9.17, 15) is 9.90 Å². The molecule has 19 heavy (non-hydrogen) atoms. The van der Waals surface area contributed by atoms with Crippen molar-refractivity contribution in [2.45, 2.75) is 6.10 Å². The van der Waals surface area contributed by atoms with Crippen LogP contribution < -0.4 is 0 Å². The lowest BCUT2D eigenvalue weighted by Gasteiger charge is -2.35. The first kappa shape index (κ1) is 11.8. The van der Waals surface area contributed by atoms with E-state index in [1.807, 2.05) is 30.3 Å². The molecule has 1 fully saturated rings. The zero-order valence-corrected chi connectivity index (χ0v) is 10.2. The van der Waals surface area contributed by atoms with Gasteiger partial charge in [-0.1, -0.05) is 30.3 Å². The average molecular weight is 255 g/mol. The van der Waals surface area contributed by atoms with E-state index in [0.717, 1.165) is 5.56 Å². The van der Waals surface area contributed by atoms with Gasteiger partial charge in [0.1, 0.15) is 0 Å². The van der Waals surface area contributed by atoms with Crippen LogP contribution in [0.25, 0.3) is 11.4 Å². The topological polar surface area (TPSA) is 66.3 Å². The Hall–Kier alpha value is -2.27. The molecule has 2 aromatic rings. The molecule has 0 aliphatic carbocycles. The van der Waals surface area contributed by atoms with Crippen LogP contribution in [0.5, 0.6) is 0 Å². The predicted octanol–water partition coefficient (Wildman–Crippen LogP) is 0.960. The van der Waals surface area contributed by atoms with E-state index in [1.54, 1.807) is 4.90 Å². The molecule has 1 aromatic heterocycles. The maximum atomic E-state index is 12.0. The highest BCUT2D eigenvalue weighted by atomic mass is 16.3. The Bertz CT molecular complexity index is 577. The number of aromatic nitrogens is 2. The maximum Gasteiger partial charge on any atom is 0.257 e. The number of aliphatic hydroxyl groups excluding tert-OH is 1. The number of amides is 1. The zero-order chi connectivity index (χ0) is 13.2. The summed E-state index contributed by atoms with van der Waals surface area (Å²) in [6.07, 6.45) is 2.67. The minimum atomic E-state index is -0.395. The molecular formula is C14H13N3O2. The summed E-state index contributed by atoms with van der Waals surface area (Å²) in [5.74, 6) is 0.464. The molecule has 0 atom stereocenters. The fraction of sp³-hybridized carbons (Fsp3) is 0.214.